The number of rotatable bonds is 2. The minimum absolute atomic E-state index is 0.354. The molecule has 0 aliphatic rings. The van der Waals surface area contributed by atoms with Crippen LogP contribution in [0.3, 0.4) is 0 Å². The van der Waals surface area contributed by atoms with Crippen LogP contribution in [0.2, 0.25) is 0 Å². The van der Waals surface area contributed by atoms with Gasteiger partial charge in [0.15, 0.2) is 0 Å². The molecule has 1 aromatic carbocycles. The summed E-state index contributed by atoms with van der Waals surface area (Å²) in [5.74, 6) is 0.730. The lowest BCUT2D eigenvalue weighted by atomic mass is 10.2. The Morgan fingerprint density at radius 3 is 2.46 bits per heavy atom. The van der Waals surface area contributed by atoms with Gasteiger partial charge in [-0.2, -0.15) is 0 Å². The first-order chi connectivity index (χ1) is 6.11. The zero-order chi connectivity index (χ0) is 9.84. The van der Waals surface area contributed by atoms with Gasteiger partial charge < -0.3 is 9.47 Å². The van der Waals surface area contributed by atoms with Gasteiger partial charge in [-0.3, -0.25) is 4.79 Å². The van der Waals surface area contributed by atoms with Crippen molar-refractivity contribution in [3.05, 3.63) is 30.7 Å². The monoisotopic (exact) mass is 179 g/mol. The van der Waals surface area contributed by atoms with E-state index in [4.69, 9.17) is 9.47 Å². The molecule has 1 radical (unpaired) electrons. The lowest BCUT2D eigenvalue weighted by Crippen LogP contribution is -2.01. The van der Waals surface area contributed by atoms with Gasteiger partial charge in [0.2, 0.25) is 0 Å². The Morgan fingerprint density at radius 1 is 1.31 bits per heavy atom. The number of benzene rings is 1. The van der Waals surface area contributed by atoms with E-state index in [1.54, 1.807) is 25.3 Å². The maximum absolute atomic E-state index is 10.6. The maximum atomic E-state index is 10.6. The number of methoxy groups -OCH3 is 1. The van der Waals surface area contributed by atoms with Crippen molar-refractivity contribution in [3.8, 4) is 11.5 Å². The van der Waals surface area contributed by atoms with E-state index in [0.717, 1.165) is 5.56 Å². The summed E-state index contributed by atoms with van der Waals surface area (Å²) in [6.07, 6.45) is 0. The van der Waals surface area contributed by atoms with Crippen LogP contribution in [-0.4, -0.2) is 13.1 Å². The van der Waals surface area contributed by atoms with Gasteiger partial charge >= 0.3 is 5.97 Å². The van der Waals surface area contributed by atoms with Crippen LogP contribution in [-0.2, 0) is 4.79 Å². The highest BCUT2D eigenvalue weighted by molar-refractivity contribution is 5.69. The number of carbonyl (C=O) groups is 1. The first-order valence-corrected chi connectivity index (χ1v) is 3.81. The molecule has 0 unspecified atom stereocenters. The maximum Gasteiger partial charge on any atom is 0.308 e. The molecular weight excluding hydrogens is 168 g/mol. The fourth-order valence-electron chi connectivity index (χ4n) is 0.973. The van der Waals surface area contributed by atoms with Gasteiger partial charge in [-0.05, 0) is 24.6 Å². The van der Waals surface area contributed by atoms with Crippen LogP contribution in [0.25, 0.3) is 0 Å². The molecule has 0 fully saturated rings. The molecule has 13 heavy (non-hydrogen) atoms. The second-order valence-corrected chi connectivity index (χ2v) is 2.61. The number of hydrogen-bond acceptors (Lipinski definition) is 3. The minimum Gasteiger partial charge on any atom is -0.497 e. The molecule has 1 aromatic rings. The van der Waals surface area contributed by atoms with Crippen LogP contribution < -0.4 is 9.47 Å². The molecular formula is C10H11O3. The van der Waals surface area contributed by atoms with Crippen molar-refractivity contribution in [2.45, 2.75) is 6.92 Å². The second-order valence-electron chi connectivity index (χ2n) is 2.61. The molecule has 0 amide bonds. The average molecular weight is 179 g/mol. The third-order valence-electron chi connectivity index (χ3n) is 1.44. The lowest BCUT2D eigenvalue weighted by molar-refractivity contribution is -0.131. The molecule has 0 heterocycles. The van der Waals surface area contributed by atoms with Crippen molar-refractivity contribution >= 4 is 5.97 Å². The summed E-state index contributed by atoms with van der Waals surface area (Å²) in [6, 6.07) is 5.06. The zero-order valence-electron chi connectivity index (χ0n) is 7.66. The molecule has 3 heteroatoms. The van der Waals surface area contributed by atoms with E-state index in [0.29, 0.717) is 11.5 Å². The molecule has 0 spiro atoms. The fourth-order valence-corrected chi connectivity index (χ4v) is 0.973. The number of esters is 1. The van der Waals surface area contributed by atoms with Crippen LogP contribution in [0, 0.1) is 6.92 Å². The van der Waals surface area contributed by atoms with Crippen molar-refractivity contribution in [1.29, 1.82) is 0 Å². The summed E-state index contributed by atoms with van der Waals surface area (Å²) in [4.78, 5) is 10.6. The Kier molecular flexibility index (Phi) is 2.90. The third-order valence-corrected chi connectivity index (χ3v) is 1.44. The average Bonchev–Trinajstić information content (AvgIpc) is 2.01. The van der Waals surface area contributed by atoms with Gasteiger partial charge in [0, 0.05) is 13.0 Å². The van der Waals surface area contributed by atoms with E-state index in [1.807, 2.05) is 0 Å². The third kappa shape index (κ3) is 2.78. The molecule has 0 saturated heterocycles. The predicted octanol–water partition coefficient (Wildman–Crippen LogP) is 1.80. The largest absolute Gasteiger partial charge is 0.497 e. The Morgan fingerprint density at radius 2 is 1.92 bits per heavy atom. The Labute approximate surface area is 77.3 Å². The topological polar surface area (TPSA) is 35.5 Å². The summed E-state index contributed by atoms with van der Waals surface area (Å²) >= 11 is 0. The predicted molar refractivity (Wildman–Crippen MR) is 48.8 cm³/mol. The van der Waals surface area contributed by atoms with E-state index < -0.39 is 0 Å². The summed E-state index contributed by atoms with van der Waals surface area (Å²) in [7, 11) is 1.55. The Hall–Kier alpha value is -1.51. The van der Waals surface area contributed by atoms with E-state index in [1.165, 1.54) is 6.92 Å². The normalized spacial score (nSPS) is 9.46. The van der Waals surface area contributed by atoms with E-state index in [2.05, 4.69) is 6.92 Å². The van der Waals surface area contributed by atoms with Crippen molar-refractivity contribution in [2.75, 3.05) is 7.11 Å². The van der Waals surface area contributed by atoms with Crippen LogP contribution in [0.4, 0.5) is 0 Å². The van der Waals surface area contributed by atoms with Crippen molar-refractivity contribution in [1.82, 2.24) is 0 Å². The molecule has 0 aliphatic heterocycles. The van der Waals surface area contributed by atoms with Gasteiger partial charge in [0.1, 0.15) is 11.5 Å². The number of hydrogen-bond donors (Lipinski definition) is 0. The smallest absolute Gasteiger partial charge is 0.308 e. The van der Waals surface area contributed by atoms with E-state index >= 15 is 0 Å². The minimum atomic E-state index is -0.354. The van der Waals surface area contributed by atoms with Crippen molar-refractivity contribution in [3.63, 3.8) is 0 Å². The Balaban J connectivity index is 2.94. The van der Waals surface area contributed by atoms with Crippen LogP contribution >= 0.6 is 0 Å². The van der Waals surface area contributed by atoms with E-state index in [9.17, 15) is 4.79 Å². The molecule has 69 valence electrons. The van der Waals surface area contributed by atoms with Gasteiger partial charge in [-0.15, -0.1) is 0 Å². The molecule has 1 rings (SSSR count). The Bertz CT molecular complexity index is 318. The van der Waals surface area contributed by atoms with Crippen molar-refractivity contribution in [2.24, 2.45) is 0 Å². The van der Waals surface area contributed by atoms with Gasteiger partial charge in [0.25, 0.3) is 0 Å². The highest BCUT2D eigenvalue weighted by atomic mass is 16.5. The molecule has 0 N–H and O–H groups in total. The van der Waals surface area contributed by atoms with E-state index in [-0.39, 0.29) is 5.97 Å². The lowest BCUT2D eigenvalue weighted by Gasteiger charge is -2.05. The molecule has 0 bridgehead atoms. The van der Waals surface area contributed by atoms with Crippen LogP contribution in [0.15, 0.2) is 18.2 Å². The molecule has 0 aliphatic carbocycles. The summed E-state index contributed by atoms with van der Waals surface area (Å²) in [5.41, 5.74) is 0.746. The number of carbonyl (C=O) groups excluding carboxylic acids is 1. The molecule has 3 nitrogen and oxygen atoms in total. The second kappa shape index (κ2) is 3.94. The summed E-state index contributed by atoms with van der Waals surface area (Å²) in [6.45, 7) is 5.08. The highest BCUT2D eigenvalue weighted by Crippen LogP contribution is 2.22. The fraction of sp³-hybridized carbons (Fsp3) is 0.200. The number of ether oxygens (including phenoxy) is 2. The SMILES string of the molecule is [CH2]c1cc(OC)cc(OC(C)=O)c1. The molecule has 0 aromatic heterocycles. The van der Waals surface area contributed by atoms with Crippen molar-refractivity contribution < 1.29 is 14.3 Å². The highest BCUT2D eigenvalue weighted by Gasteiger charge is 2.01. The van der Waals surface area contributed by atoms with Gasteiger partial charge in [-0.1, -0.05) is 0 Å². The summed E-state index contributed by atoms with van der Waals surface area (Å²) in [5, 5.41) is 0. The summed E-state index contributed by atoms with van der Waals surface area (Å²) < 4.78 is 9.86. The van der Waals surface area contributed by atoms with Gasteiger partial charge in [-0.25, -0.2) is 0 Å². The first kappa shape index (κ1) is 9.58. The quantitative estimate of drug-likeness (QED) is 0.513. The molecule has 0 atom stereocenters. The zero-order valence-corrected chi connectivity index (χ0v) is 7.66. The van der Waals surface area contributed by atoms with Crippen LogP contribution in [0.1, 0.15) is 12.5 Å². The first-order valence-electron chi connectivity index (χ1n) is 3.81. The van der Waals surface area contributed by atoms with Gasteiger partial charge in [0.05, 0.1) is 7.11 Å². The molecule has 0 saturated carbocycles. The van der Waals surface area contributed by atoms with Crippen LogP contribution in [0.5, 0.6) is 11.5 Å². The standard InChI is InChI=1S/C10H11O3/c1-7-4-9(12-3)6-10(5-7)13-8(2)11/h4-6H,1H2,2-3H3.